The summed E-state index contributed by atoms with van der Waals surface area (Å²) in [5.74, 6) is 2.23. The number of amides is 1. The van der Waals surface area contributed by atoms with Gasteiger partial charge in [-0.3, -0.25) is 24.3 Å². The van der Waals surface area contributed by atoms with Crippen LogP contribution in [0.1, 0.15) is 38.7 Å². The minimum Gasteiger partial charge on any atom is -0.299 e. The highest BCUT2D eigenvalue weighted by molar-refractivity contribution is 6.08. The van der Waals surface area contributed by atoms with E-state index in [0.29, 0.717) is 11.8 Å². The van der Waals surface area contributed by atoms with Gasteiger partial charge in [0.1, 0.15) is 11.4 Å². The Morgan fingerprint density at radius 2 is 2.17 bits per heavy atom. The van der Waals surface area contributed by atoms with Crippen molar-refractivity contribution < 1.29 is 4.79 Å². The van der Waals surface area contributed by atoms with Crippen LogP contribution in [0.2, 0.25) is 0 Å². The van der Waals surface area contributed by atoms with Gasteiger partial charge in [0, 0.05) is 57.3 Å². The lowest BCUT2D eigenvalue weighted by atomic mass is 9.85. The Labute approximate surface area is 143 Å². The van der Waals surface area contributed by atoms with E-state index in [1.165, 1.54) is 5.56 Å². The average Bonchev–Trinajstić information content (AvgIpc) is 3.28. The van der Waals surface area contributed by atoms with Crippen LogP contribution in [0.15, 0.2) is 17.4 Å². The molecule has 0 N–H and O–H groups in total. The minimum atomic E-state index is -0.463. The zero-order valence-corrected chi connectivity index (χ0v) is 14.9. The van der Waals surface area contributed by atoms with E-state index >= 15 is 0 Å². The summed E-state index contributed by atoms with van der Waals surface area (Å²) in [5, 5.41) is 4.26. The van der Waals surface area contributed by atoms with E-state index in [-0.39, 0.29) is 5.91 Å². The largest absolute Gasteiger partial charge is 0.299 e. The first-order valence-electron chi connectivity index (χ1n) is 9.18. The first kappa shape index (κ1) is 15.8. The van der Waals surface area contributed by atoms with Crippen molar-refractivity contribution in [2.45, 2.75) is 45.2 Å². The predicted molar refractivity (Wildman–Crippen MR) is 92.5 cm³/mol. The molecule has 0 aromatic carbocycles. The van der Waals surface area contributed by atoms with E-state index in [1.807, 2.05) is 22.8 Å². The van der Waals surface area contributed by atoms with E-state index in [0.717, 1.165) is 51.3 Å². The Hall–Kier alpha value is -1.69. The van der Waals surface area contributed by atoms with Crippen LogP contribution < -0.4 is 0 Å². The van der Waals surface area contributed by atoms with Crippen molar-refractivity contribution in [3.05, 3.63) is 18.0 Å². The number of fused-ring (bicyclic) bond motifs is 2. The van der Waals surface area contributed by atoms with E-state index in [9.17, 15) is 4.79 Å². The molecule has 3 aliphatic rings. The summed E-state index contributed by atoms with van der Waals surface area (Å²) in [6.07, 6.45) is 6.92. The summed E-state index contributed by atoms with van der Waals surface area (Å²) in [6, 6.07) is 0. The molecule has 1 amide bonds. The lowest BCUT2D eigenvalue weighted by Gasteiger charge is -2.27. The number of carbonyl (C=O) groups excluding carboxylic acids is 1. The molecule has 6 nitrogen and oxygen atoms in total. The fraction of sp³-hybridized carbons (Fsp3) is 0.722. The second kappa shape index (κ2) is 5.69. The van der Waals surface area contributed by atoms with Gasteiger partial charge in [-0.25, -0.2) is 0 Å². The molecule has 2 fully saturated rings. The predicted octanol–water partition coefficient (Wildman–Crippen LogP) is 1.67. The highest BCUT2D eigenvalue weighted by Gasteiger charge is 2.60. The summed E-state index contributed by atoms with van der Waals surface area (Å²) in [5.41, 5.74) is 0.785. The van der Waals surface area contributed by atoms with Crippen LogP contribution in [0.4, 0.5) is 0 Å². The van der Waals surface area contributed by atoms with Crippen molar-refractivity contribution in [1.82, 2.24) is 19.6 Å². The monoisotopic (exact) mass is 329 g/mol. The Morgan fingerprint density at radius 1 is 1.33 bits per heavy atom. The Balaban J connectivity index is 1.54. The molecule has 1 aromatic rings. The first-order valence-corrected chi connectivity index (χ1v) is 9.18. The molecule has 1 aromatic heterocycles. The standard InChI is InChI=1S/C18H27N5O/c1-4-16-20-18(17(24)23(16)5-2)7-6-14-11-22(12-15(14)18)10-13-8-19-21(3)9-13/h8-9,14-15H,4-7,10-12H2,1-3H3/t14-,15+,18-/m0/s1. The number of hydrogen-bond donors (Lipinski definition) is 0. The van der Waals surface area contributed by atoms with Crippen molar-refractivity contribution in [2.24, 2.45) is 23.9 Å². The number of aryl methyl sites for hydroxylation is 1. The number of amidine groups is 1. The quantitative estimate of drug-likeness (QED) is 0.844. The molecule has 4 rings (SSSR count). The highest BCUT2D eigenvalue weighted by atomic mass is 16.2. The van der Waals surface area contributed by atoms with E-state index < -0.39 is 5.54 Å². The zero-order chi connectivity index (χ0) is 16.9. The van der Waals surface area contributed by atoms with Gasteiger partial charge in [-0.2, -0.15) is 5.10 Å². The van der Waals surface area contributed by atoms with Gasteiger partial charge in [0.25, 0.3) is 5.91 Å². The van der Waals surface area contributed by atoms with Crippen LogP contribution in [0.5, 0.6) is 0 Å². The van der Waals surface area contributed by atoms with Gasteiger partial charge in [0.15, 0.2) is 0 Å². The molecular weight excluding hydrogens is 302 g/mol. The van der Waals surface area contributed by atoms with Gasteiger partial charge in [-0.05, 0) is 25.7 Å². The number of likely N-dealkylation sites (N-methyl/N-ethyl adjacent to an activating group) is 1. The normalized spacial score (nSPS) is 32.9. The van der Waals surface area contributed by atoms with E-state index in [1.54, 1.807) is 0 Å². The number of likely N-dealkylation sites (tertiary alicyclic amines) is 1. The van der Waals surface area contributed by atoms with Crippen molar-refractivity contribution in [2.75, 3.05) is 19.6 Å². The highest BCUT2D eigenvalue weighted by Crippen LogP contribution is 2.50. The molecule has 2 aliphatic heterocycles. The number of carbonyl (C=O) groups is 1. The van der Waals surface area contributed by atoms with Crippen molar-refractivity contribution >= 4 is 11.7 Å². The molecule has 1 saturated carbocycles. The second-order valence-electron chi connectivity index (χ2n) is 7.48. The Kier molecular flexibility index (Phi) is 3.75. The summed E-state index contributed by atoms with van der Waals surface area (Å²) in [7, 11) is 1.95. The molecule has 6 heteroatoms. The lowest BCUT2D eigenvalue weighted by molar-refractivity contribution is -0.132. The first-order chi connectivity index (χ1) is 11.6. The van der Waals surface area contributed by atoms with Gasteiger partial charge in [0.2, 0.25) is 0 Å². The number of nitrogens with zero attached hydrogens (tertiary/aromatic N) is 5. The van der Waals surface area contributed by atoms with E-state index in [2.05, 4.69) is 30.0 Å². The molecule has 24 heavy (non-hydrogen) atoms. The van der Waals surface area contributed by atoms with Gasteiger partial charge in [-0.1, -0.05) is 6.92 Å². The van der Waals surface area contributed by atoms with Crippen LogP contribution >= 0.6 is 0 Å². The third-order valence-corrected chi connectivity index (χ3v) is 6.08. The van der Waals surface area contributed by atoms with Crippen LogP contribution in [0, 0.1) is 11.8 Å². The summed E-state index contributed by atoms with van der Waals surface area (Å²) in [6.45, 7) is 7.87. The SMILES string of the molecule is CCC1=N[C@]2(CC[C@H]3CN(Cc4cnn(C)c4)C[C@H]32)C(=O)N1CC. The van der Waals surface area contributed by atoms with Gasteiger partial charge < -0.3 is 0 Å². The third-order valence-electron chi connectivity index (χ3n) is 6.08. The molecule has 130 valence electrons. The lowest BCUT2D eigenvalue weighted by Crippen LogP contribution is -2.46. The fourth-order valence-electron chi connectivity index (χ4n) is 5.02. The maximum atomic E-state index is 13.1. The zero-order valence-electron chi connectivity index (χ0n) is 14.9. The Morgan fingerprint density at radius 3 is 2.79 bits per heavy atom. The number of aliphatic imine (C=N–C) groups is 1. The Bertz CT molecular complexity index is 681. The van der Waals surface area contributed by atoms with Gasteiger partial charge >= 0.3 is 0 Å². The third kappa shape index (κ3) is 2.23. The summed E-state index contributed by atoms with van der Waals surface area (Å²) in [4.78, 5) is 22.5. The number of hydrogen-bond acceptors (Lipinski definition) is 4. The number of rotatable bonds is 4. The summed E-state index contributed by atoms with van der Waals surface area (Å²) < 4.78 is 1.85. The molecule has 1 aliphatic carbocycles. The molecule has 3 atom stereocenters. The van der Waals surface area contributed by atoms with Crippen LogP contribution in [0.3, 0.4) is 0 Å². The maximum Gasteiger partial charge on any atom is 0.256 e. The average molecular weight is 329 g/mol. The van der Waals surface area contributed by atoms with Crippen LogP contribution in [-0.2, 0) is 18.4 Å². The van der Waals surface area contributed by atoms with Crippen molar-refractivity contribution in [1.29, 1.82) is 0 Å². The molecule has 3 heterocycles. The molecular formula is C18H27N5O. The van der Waals surface area contributed by atoms with Gasteiger partial charge in [-0.15, -0.1) is 0 Å². The smallest absolute Gasteiger partial charge is 0.256 e. The van der Waals surface area contributed by atoms with Gasteiger partial charge in [0.05, 0.1) is 6.20 Å². The second-order valence-corrected chi connectivity index (χ2v) is 7.48. The molecule has 0 unspecified atom stereocenters. The van der Waals surface area contributed by atoms with Crippen LogP contribution in [0.25, 0.3) is 0 Å². The molecule has 1 spiro atoms. The fourth-order valence-corrected chi connectivity index (χ4v) is 5.02. The minimum absolute atomic E-state index is 0.262. The van der Waals surface area contributed by atoms with Crippen LogP contribution in [-0.4, -0.2) is 56.5 Å². The molecule has 0 bridgehead atoms. The van der Waals surface area contributed by atoms with Crippen molar-refractivity contribution in [3.8, 4) is 0 Å². The topological polar surface area (TPSA) is 53.7 Å². The van der Waals surface area contributed by atoms with Crippen molar-refractivity contribution in [3.63, 3.8) is 0 Å². The molecule has 1 saturated heterocycles. The summed E-state index contributed by atoms with van der Waals surface area (Å²) >= 11 is 0. The number of aromatic nitrogens is 2. The molecule has 0 radical (unpaired) electrons. The van der Waals surface area contributed by atoms with E-state index in [4.69, 9.17) is 4.99 Å². The maximum absolute atomic E-state index is 13.1.